The molecule has 25 heavy (non-hydrogen) atoms. The molecule has 0 saturated carbocycles. The first-order chi connectivity index (χ1) is 11.2. The van der Waals surface area contributed by atoms with Gasteiger partial charge in [0.1, 0.15) is 9.79 Å². The zero-order chi connectivity index (χ0) is 17.5. The number of benzene rings is 2. The second-order valence-electron chi connectivity index (χ2n) is 4.86. The van der Waals surface area contributed by atoms with E-state index in [-0.39, 0.29) is 58.7 Å². The molecule has 11 heteroatoms. The molecule has 2 aliphatic heterocycles. The van der Waals surface area contributed by atoms with Crippen molar-refractivity contribution < 1.29 is 26.4 Å². The van der Waals surface area contributed by atoms with Gasteiger partial charge in [-0.3, -0.25) is 9.59 Å². The van der Waals surface area contributed by atoms with Gasteiger partial charge in [-0.05, 0) is 24.3 Å². The van der Waals surface area contributed by atoms with Crippen molar-refractivity contribution in [2.45, 2.75) is 9.79 Å². The Morgan fingerprint density at radius 1 is 0.600 bits per heavy atom. The maximum atomic E-state index is 11.1. The van der Waals surface area contributed by atoms with Crippen molar-refractivity contribution >= 4 is 69.6 Å². The molecule has 4 rings (SSSR count). The summed E-state index contributed by atoms with van der Waals surface area (Å²) < 4.78 is 48.3. The van der Waals surface area contributed by atoms with Crippen molar-refractivity contribution in [3.63, 3.8) is 0 Å². The molecule has 0 fully saturated rings. The predicted octanol–water partition coefficient (Wildman–Crippen LogP) is -0.143. The molecule has 0 unspecified atom stereocenters. The summed E-state index contributed by atoms with van der Waals surface area (Å²) in [5, 5.41) is 0. The first kappa shape index (κ1) is 19.9. The second kappa shape index (κ2) is 7.04. The molecule has 2 amide bonds. The van der Waals surface area contributed by atoms with Crippen molar-refractivity contribution in [1.82, 2.24) is 9.44 Å². The van der Waals surface area contributed by atoms with E-state index in [4.69, 9.17) is 0 Å². The van der Waals surface area contributed by atoms with Gasteiger partial charge in [0.05, 0.1) is 11.1 Å². The largest absolute Gasteiger partial charge is 2.00 e. The quantitative estimate of drug-likeness (QED) is 0.586. The summed E-state index contributed by atoms with van der Waals surface area (Å²) in [5.41, 5.74) is 0.440. The van der Waals surface area contributed by atoms with E-state index < -0.39 is 31.9 Å². The van der Waals surface area contributed by atoms with E-state index in [2.05, 4.69) is 0 Å². The topological polar surface area (TPSA) is 126 Å². The maximum Gasteiger partial charge on any atom is 2.00 e. The molecule has 2 heterocycles. The molecule has 2 N–H and O–H groups in total. The number of hydrogen-bond donors (Lipinski definition) is 2. The van der Waals surface area contributed by atoms with Crippen LogP contribution in [0.15, 0.2) is 58.3 Å². The van der Waals surface area contributed by atoms with Gasteiger partial charge in [-0.25, -0.2) is 26.3 Å². The Morgan fingerprint density at radius 3 is 1.24 bits per heavy atom. The third kappa shape index (κ3) is 3.72. The van der Waals surface area contributed by atoms with Crippen LogP contribution >= 0.6 is 0 Å². The van der Waals surface area contributed by atoms with Crippen LogP contribution in [0, 0.1) is 0 Å². The fraction of sp³-hybridized carbons (Fsp3) is 0. The fourth-order valence-corrected chi connectivity index (χ4v) is 4.59. The van der Waals surface area contributed by atoms with Crippen molar-refractivity contribution in [2.75, 3.05) is 0 Å². The Kier molecular flexibility index (Phi) is 5.59. The van der Waals surface area contributed by atoms with Gasteiger partial charge in [0.2, 0.25) is 0 Å². The standard InChI is InChI=1S/2C7H5NO3S.Ca/c2*9-7-5-3-1-2-4-6(5)12(10,11)8-7;/h2*1-4H,(H,8,9);/q;;+2. The van der Waals surface area contributed by atoms with Gasteiger partial charge in [0.15, 0.2) is 0 Å². The molecule has 8 nitrogen and oxygen atoms in total. The van der Waals surface area contributed by atoms with Gasteiger partial charge in [0.25, 0.3) is 31.9 Å². The Labute approximate surface area is 173 Å². The number of hydrogen-bond acceptors (Lipinski definition) is 6. The van der Waals surface area contributed by atoms with Gasteiger partial charge >= 0.3 is 37.7 Å². The summed E-state index contributed by atoms with van der Waals surface area (Å²) >= 11 is 0. The van der Waals surface area contributed by atoms with Crippen molar-refractivity contribution in [2.24, 2.45) is 0 Å². The summed E-state index contributed by atoms with van der Waals surface area (Å²) in [6, 6.07) is 12.2. The number of amides is 2. The van der Waals surface area contributed by atoms with E-state index in [1.54, 1.807) is 24.3 Å². The number of fused-ring (bicyclic) bond motifs is 2. The summed E-state index contributed by atoms with van der Waals surface area (Å²) in [4.78, 5) is 22.1. The van der Waals surface area contributed by atoms with Crippen molar-refractivity contribution in [3.8, 4) is 0 Å². The summed E-state index contributed by atoms with van der Waals surface area (Å²) in [5.74, 6) is -1.10. The monoisotopic (exact) mass is 406 g/mol. The second-order valence-corrected chi connectivity index (χ2v) is 8.16. The zero-order valence-corrected chi connectivity index (χ0v) is 16.4. The molecule has 0 atom stereocenters. The molecule has 0 aliphatic carbocycles. The molecular formula is C14H10CaN2O6S2+2. The van der Waals surface area contributed by atoms with E-state index >= 15 is 0 Å². The van der Waals surface area contributed by atoms with Crippen LogP contribution in [-0.2, 0) is 20.0 Å². The molecule has 0 spiro atoms. The zero-order valence-electron chi connectivity index (χ0n) is 12.6. The Hall–Kier alpha value is -1.46. The third-order valence-electron chi connectivity index (χ3n) is 3.30. The van der Waals surface area contributed by atoms with Crippen LogP contribution < -0.4 is 9.44 Å². The fourth-order valence-electron chi connectivity index (χ4n) is 2.24. The Morgan fingerprint density at radius 2 is 0.920 bits per heavy atom. The number of sulfonamides is 2. The van der Waals surface area contributed by atoms with E-state index in [9.17, 15) is 26.4 Å². The van der Waals surface area contributed by atoms with Crippen molar-refractivity contribution in [1.29, 1.82) is 0 Å². The minimum absolute atomic E-state index is 0. The van der Waals surface area contributed by atoms with E-state index in [1.807, 2.05) is 9.44 Å². The van der Waals surface area contributed by atoms with Gasteiger partial charge in [0, 0.05) is 0 Å². The van der Waals surface area contributed by atoms with Gasteiger partial charge < -0.3 is 0 Å². The molecule has 2 aromatic carbocycles. The number of rotatable bonds is 0. The van der Waals surface area contributed by atoms with Crippen LogP contribution in [0.2, 0.25) is 0 Å². The SMILES string of the molecule is O=C1NS(=O)(=O)c2ccccc21.O=C1NS(=O)(=O)c2ccccc21.[Ca+2]. The molecular weight excluding hydrogens is 396 g/mol. The Bertz CT molecular complexity index is 993. The smallest absolute Gasteiger partial charge is 0.268 e. The minimum atomic E-state index is -3.55. The number of nitrogens with one attached hydrogen (secondary N) is 2. The van der Waals surface area contributed by atoms with Crippen LogP contribution in [-0.4, -0.2) is 66.4 Å². The summed E-state index contributed by atoms with van der Waals surface area (Å²) in [6.07, 6.45) is 0. The minimum Gasteiger partial charge on any atom is -0.268 e. The first-order valence-corrected chi connectivity index (χ1v) is 9.51. The molecule has 0 radical (unpaired) electrons. The molecule has 2 aromatic rings. The summed E-state index contributed by atoms with van der Waals surface area (Å²) in [7, 11) is -7.11. The van der Waals surface area contributed by atoms with Crippen LogP contribution in [0.25, 0.3) is 0 Å². The number of carbonyl (C=O) groups excluding carboxylic acids is 2. The normalized spacial score (nSPS) is 17.8. The predicted molar refractivity (Wildman–Crippen MR) is 87.9 cm³/mol. The van der Waals surface area contributed by atoms with Crippen LogP contribution in [0.4, 0.5) is 0 Å². The van der Waals surface area contributed by atoms with Crippen LogP contribution in [0.3, 0.4) is 0 Å². The summed E-state index contributed by atoms with van der Waals surface area (Å²) in [6.45, 7) is 0. The van der Waals surface area contributed by atoms with Gasteiger partial charge in [-0.1, -0.05) is 24.3 Å². The molecule has 2 aliphatic rings. The average molecular weight is 406 g/mol. The first-order valence-electron chi connectivity index (χ1n) is 6.55. The Balaban J connectivity index is 0.000000173. The molecule has 0 aromatic heterocycles. The average Bonchev–Trinajstić information content (AvgIpc) is 2.91. The third-order valence-corrected chi connectivity index (χ3v) is 6.07. The van der Waals surface area contributed by atoms with E-state index in [0.29, 0.717) is 0 Å². The maximum absolute atomic E-state index is 11.1. The van der Waals surface area contributed by atoms with E-state index in [0.717, 1.165) is 0 Å². The molecule has 0 bridgehead atoms. The van der Waals surface area contributed by atoms with Gasteiger partial charge in [-0.2, -0.15) is 0 Å². The molecule has 124 valence electrons. The van der Waals surface area contributed by atoms with Gasteiger partial charge in [-0.15, -0.1) is 0 Å². The van der Waals surface area contributed by atoms with E-state index in [1.165, 1.54) is 24.3 Å². The van der Waals surface area contributed by atoms with Crippen molar-refractivity contribution in [3.05, 3.63) is 59.7 Å². The number of carbonyl (C=O) groups is 2. The van der Waals surface area contributed by atoms with Crippen LogP contribution in [0.5, 0.6) is 0 Å². The molecule has 0 saturated heterocycles. The van der Waals surface area contributed by atoms with Crippen LogP contribution in [0.1, 0.15) is 20.7 Å².